The van der Waals surface area contributed by atoms with Crippen molar-refractivity contribution in [2.45, 2.75) is 56.1 Å². The zero-order valence-electron chi connectivity index (χ0n) is 16.0. The van der Waals surface area contributed by atoms with Crippen LogP contribution in [0.25, 0.3) is 0 Å². The number of carbonyl (C=O) groups is 3. The fourth-order valence-electron chi connectivity index (χ4n) is 2.84. The van der Waals surface area contributed by atoms with E-state index in [9.17, 15) is 14.4 Å². The third kappa shape index (κ3) is 6.90. The molecule has 1 aromatic rings. The van der Waals surface area contributed by atoms with Crippen molar-refractivity contribution in [3.8, 4) is 0 Å². The van der Waals surface area contributed by atoms with Gasteiger partial charge < -0.3 is 15.4 Å². The maximum absolute atomic E-state index is 12.1. The topological polar surface area (TPSA) is 84.5 Å². The maximum Gasteiger partial charge on any atom is 0.307 e. The van der Waals surface area contributed by atoms with Crippen LogP contribution in [0.5, 0.6) is 0 Å². The SMILES string of the molecule is CCCC[C@@H](CC)CNC(=O)COC(=O)C[C@@H]1Sc2ccccc2NC1=O. The lowest BCUT2D eigenvalue weighted by Crippen LogP contribution is -2.34. The second-order valence-corrected chi connectivity index (χ2v) is 7.92. The average Bonchev–Trinajstić information content (AvgIpc) is 2.67. The van der Waals surface area contributed by atoms with E-state index in [1.807, 2.05) is 24.3 Å². The molecular formula is C20H28N2O4S. The first-order valence-electron chi connectivity index (χ1n) is 9.52. The molecule has 0 aliphatic carbocycles. The van der Waals surface area contributed by atoms with E-state index >= 15 is 0 Å². The number of rotatable bonds is 10. The third-order valence-corrected chi connectivity index (χ3v) is 5.83. The first-order valence-corrected chi connectivity index (χ1v) is 10.4. The molecule has 2 atom stereocenters. The predicted octanol–water partition coefficient (Wildman–Crippen LogP) is 3.37. The number of thioether (sulfide) groups is 1. The van der Waals surface area contributed by atoms with Gasteiger partial charge in [-0.25, -0.2) is 0 Å². The normalized spacial score (nSPS) is 16.8. The third-order valence-electron chi connectivity index (χ3n) is 4.55. The molecule has 0 saturated heterocycles. The Balaban J connectivity index is 1.71. The van der Waals surface area contributed by atoms with Gasteiger partial charge in [0.25, 0.3) is 5.91 Å². The van der Waals surface area contributed by atoms with Gasteiger partial charge in [-0.1, -0.05) is 45.2 Å². The van der Waals surface area contributed by atoms with Crippen molar-refractivity contribution in [3.05, 3.63) is 24.3 Å². The van der Waals surface area contributed by atoms with Crippen molar-refractivity contribution in [2.24, 2.45) is 5.92 Å². The molecule has 0 radical (unpaired) electrons. The number of ether oxygens (including phenoxy) is 1. The molecule has 1 aliphatic heterocycles. The molecule has 7 heteroatoms. The average molecular weight is 393 g/mol. The molecule has 2 amide bonds. The predicted molar refractivity (Wildman–Crippen MR) is 107 cm³/mol. The summed E-state index contributed by atoms with van der Waals surface area (Å²) in [5.74, 6) is -0.617. The Labute approximate surface area is 164 Å². The first-order chi connectivity index (χ1) is 13.0. The Morgan fingerprint density at radius 1 is 1.30 bits per heavy atom. The maximum atomic E-state index is 12.1. The van der Waals surface area contributed by atoms with E-state index in [4.69, 9.17) is 4.74 Å². The van der Waals surface area contributed by atoms with Gasteiger partial charge in [0.05, 0.1) is 17.4 Å². The van der Waals surface area contributed by atoms with Crippen LogP contribution in [0.3, 0.4) is 0 Å². The number of unbranched alkanes of at least 4 members (excludes halogenated alkanes) is 1. The molecule has 0 aromatic heterocycles. The van der Waals surface area contributed by atoms with E-state index in [1.165, 1.54) is 11.8 Å². The number of nitrogens with one attached hydrogen (secondary N) is 2. The molecule has 27 heavy (non-hydrogen) atoms. The number of amides is 2. The minimum absolute atomic E-state index is 0.0633. The first kappa shape index (κ1) is 21.3. The van der Waals surface area contributed by atoms with Crippen LogP contribution in [0.4, 0.5) is 5.69 Å². The van der Waals surface area contributed by atoms with Crippen LogP contribution in [-0.2, 0) is 19.1 Å². The monoisotopic (exact) mass is 392 g/mol. The number of hydrogen-bond acceptors (Lipinski definition) is 5. The molecule has 0 unspecified atom stereocenters. The number of anilines is 1. The van der Waals surface area contributed by atoms with Crippen molar-refractivity contribution in [1.29, 1.82) is 0 Å². The van der Waals surface area contributed by atoms with Crippen molar-refractivity contribution >= 4 is 35.2 Å². The van der Waals surface area contributed by atoms with Gasteiger partial charge in [-0.2, -0.15) is 0 Å². The number of benzene rings is 1. The lowest BCUT2D eigenvalue weighted by molar-refractivity contribution is -0.149. The highest BCUT2D eigenvalue weighted by atomic mass is 32.2. The van der Waals surface area contributed by atoms with Crippen molar-refractivity contribution < 1.29 is 19.1 Å². The van der Waals surface area contributed by atoms with E-state index in [2.05, 4.69) is 24.5 Å². The molecule has 1 heterocycles. The van der Waals surface area contributed by atoms with E-state index in [-0.39, 0.29) is 24.8 Å². The molecule has 1 aromatic carbocycles. The number of para-hydroxylation sites is 1. The summed E-state index contributed by atoms with van der Waals surface area (Å²) in [7, 11) is 0. The highest BCUT2D eigenvalue weighted by Crippen LogP contribution is 2.36. The number of carbonyl (C=O) groups excluding carboxylic acids is 3. The van der Waals surface area contributed by atoms with E-state index in [1.54, 1.807) is 0 Å². The Bertz CT molecular complexity index is 665. The standard InChI is InChI=1S/C20H28N2O4S/c1-3-5-8-14(4-2)12-21-18(23)13-26-19(24)11-17-20(25)22-15-9-6-7-10-16(15)27-17/h6-7,9-10,14,17H,3-5,8,11-13H2,1-2H3,(H,21,23)(H,22,25)/t14-,17+/m1/s1. The van der Waals surface area contributed by atoms with Gasteiger partial charge in [-0.15, -0.1) is 11.8 Å². The minimum atomic E-state index is -0.547. The quantitative estimate of drug-likeness (QED) is 0.597. The van der Waals surface area contributed by atoms with Crippen molar-refractivity contribution in [1.82, 2.24) is 5.32 Å². The molecule has 0 fully saturated rings. The van der Waals surface area contributed by atoms with Crippen LogP contribution in [-0.4, -0.2) is 36.2 Å². The fourth-order valence-corrected chi connectivity index (χ4v) is 3.93. The minimum Gasteiger partial charge on any atom is -0.456 e. The molecule has 1 aliphatic rings. The van der Waals surface area contributed by atoms with Gasteiger partial charge in [0.15, 0.2) is 6.61 Å². The van der Waals surface area contributed by atoms with E-state index < -0.39 is 11.2 Å². The van der Waals surface area contributed by atoms with Crippen LogP contribution in [0.1, 0.15) is 46.0 Å². The van der Waals surface area contributed by atoms with Crippen LogP contribution in [0.15, 0.2) is 29.2 Å². The summed E-state index contributed by atoms with van der Waals surface area (Å²) in [5.41, 5.74) is 0.755. The van der Waals surface area contributed by atoms with Gasteiger partial charge in [0.1, 0.15) is 0 Å². The second kappa shape index (κ2) is 11.0. The van der Waals surface area contributed by atoms with Gasteiger partial charge in [0.2, 0.25) is 5.91 Å². The Hall–Kier alpha value is -2.02. The molecular weight excluding hydrogens is 364 g/mol. The van der Waals surface area contributed by atoms with Gasteiger partial charge >= 0.3 is 5.97 Å². The highest BCUT2D eigenvalue weighted by molar-refractivity contribution is 8.01. The number of fused-ring (bicyclic) bond motifs is 1. The van der Waals surface area contributed by atoms with Crippen LogP contribution in [0.2, 0.25) is 0 Å². The summed E-state index contributed by atoms with van der Waals surface area (Å²) in [6, 6.07) is 7.45. The molecule has 148 valence electrons. The molecule has 0 bridgehead atoms. The molecule has 0 spiro atoms. The number of esters is 1. The molecule has 0 saturated carbocycles. The number of hydrogen-bond donors (Lipinski definition) is 2. The lowest BCUT2D eigenvalue weighted by atomic mass is 9.99. The van der Waals surface area contributed by atoms with Crippen molar-refractivity contribution in [2.75, 3.05) is 18.5 Å². The summed E-state index contributed by atoms with van der Waals surface area (Å²) in [6.07, 6.45) is 4.32. The summed E-state index contributed by atoms with van der Waals surface area (Å²) in [6.45, 7) is 4.55. The van der Waals surface area contributed by atoms with Crippen LogP contribution >= 0.6 is 11.8 Å². The summed E-state index contributed by atoms with van der Waals surface area (Å²) < 4.78 is 5.05. The molecule has 2 N–H and O–H groups in total. The van der Waals surface area contributed by atoms with Crippen molar-refractivity contribution in [3.63, 3.8) is 0 Å². The zero-order valence-corrected chi connectivity index (χ0v) is 16.8. The summed E-state index contributed by atoms with van der Waals surface area (Å²) >= 11 is 1.34. The van der Waals surface area contributed by atoms with Gasteiger partial charge in [-0.3, -0.25) is 14.4 Å². The van der Waals surface area contributed by atoms with Gasteiger partial charge in [0, 0.05) is 11.4 Å². The fraction of sp³-hybridized carbons (Fsp3) is 0.550. The Kier molecular flexibility index (Phi) is 8.64. The second-order valence-electron chi connectivity index (χ2n) is 6.68. The van der Waals surface area contributed by atoms with E-state index in [0.29, 0.717) is 12.5 Å². The lowest BCUT2D eigenvalue weighted by Gasteiger charge is -2.23. The van der Waals surface area contributed by atoms with Crippen LogP contribution in [0, 0.1) is 5.92 Å². The highest BCUT2D eigenvalue weighted by Gasteiger charge is 2.29. The molecule has 2 rings (SSSR count). The Morgan fingerprint density at radius 3 is 2.81 bits per heavy atom. The largest absolute Gasteiger partial charge is 0.456 e. The Morgan fingerprint density at radius 2 is 2.07 bits per heavy atom. The van der Waals surface area contributed by atoms with E-state index in [0.717, 1.165) is 36.3 Å². The van der Waals surface area contributed by atoms with Gasteiger partial charge in [-0.05, 0) is 24.5 Å². The summed E-state index contributed by atoms with van der Waals surface area (Å²) in [5, 5.41) is 5.06. The zero-order chi connectivity index (χ0) is 19.6. The molecule has 6 nitrogen and oxygen atoms in total. The smallest absolute Gasteiger partial charge is 0.307 e. The van der Waals surface area contributed by atoms with Crippen LogP contribution < -0.4 is 10.6 Å². The summed E-state index contributed by atoms with van der Waals surface area (Å²) in [4.78, 5) is 36.9.